The molecule has 0 unspecified atom stereocenters. The zero-order valence-electron chi connectivity index (χ0n) is 9.82. The first kappa shape index (κ1) is 13.8. The molecule has 1 aliphatic carbocycles. The molecule has 1 aliphatic rings. The highest BCUT2D eigenvalue weighted by atomic mass is 19.4. The van der Waals surface area contributed by atoms with E-state index in [4.69, 9.17) is 5.73 Å². The maximum absolute atomic E-state index is 12.2. The first-order chi connectivity index (χ1) is 7.43. The standard InChI is InChI=1S/C11H21F3N2/c1-2-16(8-7-11(12,13)14)10(9-15)5-3-4-6-10/h2-9,15H2,1H3. The number of halogens is 3. The molecule has 1 fully saturated rings. The minimum Gasteiger partial charge on any atom is -0.329 e. The number of likely N-dealkylation sites (N-methyl/N-ethyl adjacent to an activating group) is 1. The Morgan fingerprint density at radius 1 is 1.25 bits per heavy atom. The van der Waals surface area contributed by atoms with Crippen LogP contribution in [0.1, 0.15) is 39.0 Å². The fraction of sp³-hybridized carbons (Fsp3) is 1.00. The average molecular weight is 238 g/mol. The van der Waals surface area contributed by atoms with Gasteiger partial charge in [0.2, 0.25) is 0 Å². The lowest BCUT2D eigenvalue weighted by molar-refractivity contribution is -0.141. The number of nitrogens with zero attached hydrogens (tertiary/aromatic N) is 1. The van der Waals surface area contributed by atoms with Crippen LogP contribution in [0, 0.1) is 0 Å². The van der Waals surface area contributed by atoms with E-state index in [1.807, 2.05) is 11.8 Å². The third-order valence-electron chi connectivity index (χ3n) is 3.63. The van der Waals surface area contributed by atoms with Crippen molar-refractivity contribution in [1.29, 1.82) is 0 Å². The molecule has 0 heterocycles. The van der Waals surface area contributed by atoms with E-state index in [2.05, 4.69) is 0 Å². The van der Waals surface area contributed by atoms with Gasteiger partial charge < -0.3 is 5.73 Å². The Bertz CT molecular complexity index is 210. The summed E-state index contributed by atoms with van der Waals surface area (Å²) in [6, 6.07) is 0. The summed E-state index contributed by atoms with van der Waals surface area (Å²) >= 11 is 0. The van der Waals surface area contributed by atoms with Crippen LogP contribution in [0.15, 0.2) is 0 Å². The molecule has 0 aromatic carbocycles. The molecule has 96 valence electrons. The predicted molar refractivity (Wildman–Crippen MR) is 58.2 cm³/mol. The Morgan fingerprint density at radius 2 is 1.81 bits per heavy atom. The highest BCUT2D eigenvalue weighted by Gasteiger charge is 2.39. The van der Waals surface area contributed by atoms with Gasteiger partial charge in [0, 0.05) is 18.6 Å². The van der Waals surface area contributed by atoms with Gasteiger partial charge in [0.1, 0.15) is 0 Å². The van der Waals surface area contributed by atoms with Crippen LogP contribution < -0.4 is 5.73 Å². The second-order valence-corrected chi connectivity index (χ2v) is 4.58. The second kappa shape index (κ2) is 5.36. The van der Waals surface area contributed by atoms with Crippen molar-refractivity contribution in [2.24, 2.45) is 5.73 Å². The van der Waals surface area contributed by atoms with Crippen molar-refractivity contribution in [3.05, 3.63) is 0 Å². The van der Waals surface area contributed by atoms with Crippen LogP contribution in [0.3, 0.4) is 0 Å². The van der Waals surface area contributed by atoms with E-state index >= 15 is 0 Å². The average Bonchev–Trinajstić information content (AvgIpc) is 2.67. The van der Waals surface area contributed by atoms with Crippen molar-refractivity contribution in [2.75, 3.05) is 19.6 Å². The predicted octanol–water partition coefficient (Wildman–Crippen LogP) is 2.53. The van der Waals surface area contributed by atoms with Crippen LogP contribution in [-0.4, -0.2) is 36.2 Å². The monoisotopic (exact) mass is 238 g/mol. The van der Waals surface area contributed by atoms with E-state index in [1.165, 1.54) is 0 Å². The van der Waals surface area contributed by atoms with Crippen LogP contribution in [0.2, 0.25) is 0 Å². The number of hydrogen-bond donors (Lipinski definition) is 1. The van der Waals surface area contributed by atoms with Crippen molar-refractivity contribution in [3.8, 4) is 0 Å². The van der Waals surface area contributed by atoms with Gasteiger partial charge in [0.05, 0.1) is 6.42 Å². The maximum atomic E-state index is 12.2. The Kier molecular flexibility index (Phi) is 4.62. The van der Waals surface area contributed by atoms with Crippen molar-refractivity contribution in [2.45, 2.75) is 50.7 Å². The lowest BCUT2D eigenvalue weighted by Crippen LogP contribution is -2.52. The molecule has 0 spiro atoms. The van der Waals surface area contributed by atoms with Crippen molar-refractivity contribution in [3.63, 3.8) is 0 Å². The number of hydrogen-bond acceptors (Lipinski definition) is 2. The fourth-order valence-electron chi connectivity index (χ4n) is 2.67. The van der Waals surface area contributed by atoms with Gasteiger partial charge in [-0.3, -0.25) is 4.90 Å². The van der Waals surface area contributed by atoms with E-state index in [-0.39, 0.29) is 12.1 Å². The molecule has 2 N–H and O–H groups in total. The molecule has 0 aliphatic heterocycles. The maximum Gasteiger partial charge on any atom is 0.390 e. The Hall–Kier alpha value is -0.290. The number of nitrogens with two attached hydrogens (primary N) is 1. The molecule has 16 heavy (non-hydrogen) atoms. The van der Waals surface area contributed by atoms with E-state index in [1.54, 1.807) is 0 Å². The van der Waals surface area contributed by atoms with E-state index < -0.39 is 12.6 Å². The van der Waals surface area contributed by atoms with Gasteiger partial charge in [0.15, 0.2) is 0 Å². The summed E-state index contributed by atoms with van der Waals surface area (Å²) < 4.78 is 36.6. The number of rotatable bonds is 5. The topological polar surface area (TPSA) is 29.3 Å². The lowest BCUT2D eigenvalue weighted by atomic mass is 9.95. The molecule has 0 amide bonds. The third kappa shape index (κ3) is 3.35. The smallest absolute Gasteiger partial charge is 0.329 e. The number of alkyl halides is 3. The largest absolute Gasteiger partial charge is 0.390 e. The van der Waals surface area contributed by atoms with Gasteiger partial charge >= 0.3 is 6.18 Å². The van der Waals surface area contributed by atoms with Crippen LogP contribution in [0.4, 0.5) is 13.2 Å². The quantitative estimate of drug-likeness (QED) is 0.797. The first-order valence-corrected chi connectivity index (χ1v) is 5.95. The molecule has 0 atom stereocenters. The second-order valence-electron chi connectivity index (χ2n) is 4.58. The van der Waals surface area contributed by atoms with Gasteiger partial charge in [-0.1, -0.05) is 19.8 Å². The van der Waals surface area contributed by atoms with Crippen molar-refractivity contribution < 1.29 is 13.2 Å². The summed E-state index contributed by atoms with van der Waals surface area (Å²) in [7, 11) is 0. The first-order valence-electron chi connectivity index (χ1n) is 5.95. The summed E-state index contributed by atoms with van der Waals surface area (Å²) in [6.45, 7) is 3.11. The minimum atomic E-state index is -4.07. The zero-order chi connectivity index (χ0) is 12.2. The van der Waals surface area contributed by atoms with E-state index in [0.717, 1.165) is 25.7 Å². The molecule has 1 rings (SSSR count). The Labute approximate surface area is 95.0 Å². The highest BCUT2D eigenvalue weighted by molar-refractivity contribution is 4.95. The van der Waals surface area contributed by atoms with Gasteiger partial charge in [-0.25, -0.2) is 0 Å². The normalized spacial score (nSPS) is 20.6. The molecule has 0 radical (unpaired) electrons. The van der Waals surface area contributed by atoms with Crippen LogP contribution in [-0.2, 0) is 0 Å². The molecule has 0 bridgehead atoms. The van der Waals surface area contributed by atoms with Gasteiger partial charge in [-0.15, -0.1) is 0 Å². The lowest BCUT2D eigenvalue weighted by Gasteiger charge is -2.40. The molecule has 5 heteroatoms. The Morgan fingerprint density at radius 3 is 2.19 bits per heavy atom. The summed E-state index contributed by atoms with van der Waals surface area (Å²) in [5.74, 6) is 0. The molecule has 0 saturated heterocycles. The molecular formula is C11H21F3N2. The molecule has 0 aromatic heterocycles. The van der Waals surface area contributed by atoms with Gasteiger partial charge in [-0.2, -0.15) is 13.2 Å². The third-order valence-corrected chi connectivity index (χ3v) is 3.63. The highest BCUT2D eigenvalue weighted by Crippen LogP contribution is 2.35. The molecule has 2 nitrogen and oxygen atoms in total. The van der Waals surface area contributed by atoms with Crippen molar-refractivity contribution in [1.82, 2.24) is 4.90 Å². The molecule has 1 saturated carbocycles. The van der Waals surface area contributed by atoms with Crippen LogP contribution >= 0.6 is 0 Å². The minimum absolute atomic E-state index is 0.0806. The van der Waals surface area contributed by atoms with Gasteiger partial charge in [0.25, 0.3) is 0 Å². The summed E-state index contributed by atoms with van der Waals surface area (Å²) in [6.07, 6.45) is -0.756. The van der Waals surface area contributed by atoms with Crippen LogP contribution in [0.25, 0.3) is 0 Å². The molecular weight excluding hydrogens is 217 g/mol. The van der Waals surface area contributed by atoms with Gasteiger partial charge in [-0.05, 0) is 19.4 Å². The zero-order valence-corrected chi connectivity index (χ0v) is 9.82. The fourth-order valence-corrected chi connectivity index (χ4v) is 2.67. The Balaban J connectivity index is 2.58. The van der Waals surface area contributed by atoms with E-state index in [9.17, 15) is 13.2 Å². The summed E-state index contributed by atoms with van der Waals surface area (Å²) in [5, 5.41) is 0. The summed E-state index contributed by atoms with van der Waals surface area (Å²) in [4.78, 5) is 1.92. The SMILES string of the molecule is CCN(CCC(F)(F)F)C1(CN)CCCC1. The molecule has 0 aromatic rings. The van der Waals surface area contributed by atoms with Crippen molar-refractivity contribution >= 4 is 0 Å². The van der Waals surface area contributed by atoms with Crippen LogP contribution in [0.5, 0.6) is 0 Å². The van der Waals surface area contributed by atoms with E-state index in [0.29, 0.717) is 13.1 Å². The summed E-state index contributed by atoms with van der Waals surface area (Å²) in [5.41, 5.74) is 5.60.